The van der Waals surface area contributed by atoms with Gasteiger partial charge in [0, 0.05) is 19.4 Å². The quantitative estimate of drug-likeness (QED) is 0.0633. The molecule has 1 saturated heterocycles. The average molecular weight is 735 g/mol. The second-order valence-corrected chi connectivity index (χ2v) is 17.3. The van der Waals surface area contributed by atoms with Gasteiger partial charge in [-0.15, -0.1) is 0 Å². The second-order valence-electron chi connectivity index (χ2n) is 17.3. The fourth-order valence-electron chi connectivity index (χ4n) is 8.37. The Bertz CT molecular complexity index is 651. The third kappa shape index (κ3) is 32.1. The lowest BCUT2D eigenvalue weighted by atomic mass is 9.98. The molecule has 0 aromatic heterocycles. The van der Waals surface area contributed by atoms with Crippen LogP contribution < -0.4 is 5.32 Å². The zero-order valence-corrected chi connectivity index (χ0v) is 36.5. The van der Waals surface area contributed by atoms with Crippen molar-refractivity contribution in [2.45, 2.75) is 270 Å². The highest BCUT2D eigenvalue weighted by atomic mass is 16.7. The highest BCUT2D eigenvalue weighted by Crippen LogP contribution is 2.35. The molecule has 1 aliphatic heterocycles. The van der Waals surface area contributed by atoms with Crippen LogP contribution >= 0.6 is 0 Å². The van der Waals surface area contributed by atoms with E-state index in [0.29, 0.717) is 0 Å². The number of hydrogen-bond donors (Lipinski definition) is 1. The summed E-state index contributed by atoms with van der Waals surface area (Å²) in [6.07, 6.45) is 52.9. The topological polar surface area (TPSA) is 33.7 Å². The third-order valence-corrected chi connectivity index (χ3v) is 12.0. The van der Waals surface area contributed by atoms with Crippen LogP contribution in [0.2, 0.25) is 0 Å². The van der Waals surface area contributed by atoms with Crippen LogP contribution in [0.15, 0.2) is 0 Å². The molecule has 52 heavy (non-hydrogen) atoms. The second kappa shape index (κ2) is 39.1. The van der Waals surface area contributed by atoms with Gasteiger partial charge in [-0.3, -0.25) is 0 Å². The SMILES string of the molecule is CCCCCCCCCCCCCCCCCCC1(CCCCCCCCCCCCCCCCCC)OCC(CCN(C)CCCCCNC)O1. The van der Waals surface area contributed by atoms with Crippen LogP contribution in [-0.4, -0.2) is 57.1 Å². The summed E-state index contributed by atoms with van der Waals surface area (Å²) < 4.78 is 13.5. The van der Waals surface area contributed by atoms with E-state index in [2.05, 4.69) is 38.2 Å². The molecule has 0 aromatic rings. The molecule has 0 aromatic carbocycles. The van der Waals surface area contributed by atoms with Crippen LogP contribution in [0.4, 0.5) is 0 Å². The highest BCUT2D eigenvalue weighted by molar-refractivity contribution is 4.80. The van der Waals surface area contributed by atoms with E-state index >= 15 is 0 Å². The molecule has 0 saturated carbocycles. The van der Waals surface area contributed by atoms with Gasteiger partial charge in [0.2, 0.25) is 0 Å². The van der Waals surface area contributed by atoms with Gasteiger partial charge in [0.15, 0.2) is 5.79 Å². The summed E-state index contributed by atoms with van der Waals surface area (Å²) in [7, 11) is 4.34. The van der Waals surface area contributed by atoms with Gasteiger partial charge in [-0.05, 0) is 59.3 Å². The summed E-state index contributed by atoms with van der Waals surface area (Å²) in [6.45, 7) is 8.87. The Morgan fingerprint density at radius 2 is 0.808 bits per heavy atom. The molecule has 1 N–H and O–H groups in total. The van der Waals surface area contributed by atoms with Gasteiger partial charge >= 0.3 is 0 Å². The zero-order valence-electron chi connectivity index (χ0n) is 36.5. The van der Waals surface area contributed by atoms with Gasteiger partial charge in [-0.2, -0.15) is 0 Å². The fraction of sp³-hybridized carbons (Fsp3) is 1.00. The van der Waals surface area contributed by atoms with Gasteiger partial charge < -0.3 is 19.7 Å². The summed E-state index contributed by atoms with van der Waals surface area (Å²) in [5.41, 5.74) is 0. The summed E-state index contributed by atoms with van der Waals surface area (Å²) in [4.78, 5) is 2.51. The summed E-state index contributed by atoms with van der Waals surface area (Å²) in [5.74, 6) is -0.303. The number of ether oxygens (including phenoxy) is 2. The van der Waals surface area contributed by atoms with Crippen molar-refractivity contribution >= 4 is 0 Å². The van der Waals surface area contributed by atoms with E-state index < -0.39 is 0 Å². The van der Waals surface area contributed by atoms with Crippen molar-refractivity contribution in [3.8, 4) is 0 Å². The van der Waals surface area contributed by atoms with Crippen LogP contribution in [0.5, 0.6) is 0 Å². The Balaban J connectivity index is 2.22. The van der Waals surface area contributed by atoms with Crippen molar-refractivity contribution in [1.82, 2.24) is 10.2 Å². The number of hydrogen-bond acceptors (Lipinski definition) is 4. The van der Waals surface area contributed by atoms with Gasteiger partial charge in [0.1, 0.15) is 0 Å². The molecule has 1 rings (SSSR count). The molecule has 0 aliphatic carbocycles. The van der Waals surface area contributed by atoms with Crippen molar-refractivity contribution in [3.63, 3.8) is 0 Å². The minimum atomic E-state index is -0.303. The minimum absolute atomic E-state index is 0.272. The monoisotopic (exact) mass is 735 g/mol. The van der Waals surface area contributed by atoms with E-state index in [1.54, 1.807) is 0 Å². The van der Waals surface area contributed by atoms with Crippen LogP contribution in [0.25, 0.3) is 0 Å². The lowest BCUT2D eigenvalue weighted by Crippen LogP contribution is -2.32. The molecular formula is C48H98N2O2. The van der Waals surface area contributed by atoms with Gasteiger partial charge in [-0.25, -0.2) is 0 Å². The molecule has 0 spiro atoms. The summed E-state index contributed by atoms with van der Waals surface area (Å²) >= 11 is 0. The van der Waals surface area contributed by atoms with Crippen LogP contribution in [0.3, 0.4) is 0 Å². The van der Waals surface area contributed by atoms with E-state index in [1.165, 1.54) is 231 Å². The van der Waals surface area contributed by atoms with Crippen LogP contribution in [0.1, 0.15) is 258 Å². The molecule has 1 fully saturated rings. The van der Waals surface area contributed by atoms with Crippen LogP contribution in [-0.2, 0) is 9.47 Å². The standard InChI is InChI=1S/C48H98N2O2/c1-5-7-9-11-13-15-17-19-21-23-25-27-29-31-33-36-41-48(51-46-47(52-48)40-45-50(4)44-39-35-38-43-49-3)42-37-34-32-30-28-26-24-22-20-18-16-14-12-10-8-6-2/h47,49H,5-46H2,1-4H3. The van der Waals surface area contributed by atoms with E-state index in [4.69, 9.17) is 9.47 Å². The first kappa shape index (κ1) is 49.9. The van der Waals surface area contributed by atoms with Gasteiger partial charge in [0.25, 0.3) is 0 Å². The average Bonchev–Trinajstić information content (AvgIpc) is 3.56. The lowest BCUT2D eigenvalue weighted by Gasteiger charge is -2.29. The largest absolute Gasteiger partial charge is 0.347 e. The van der Waals surface area contributed by atoms with Crippen molar-refractivity contribution in [2.24, 2.45) is 0 Å². The minimum Gasteiger partial charge on any atom is -0.347 e. The van der Waals surface area contributed by atoms with Crippen molar-refractivity contribution in [1.29, 1.82) is 0 Å². The predicted octanol–water partition coefficient (Wildman–Crippen LogP) is 15.1. The van der Waals surface area contributed by atoms with Crippen molar-refractivity contribution in [3.05, 3.63) is 0 Å². The van der Waals surface area contributed by atoms with Crippen LogP contribution in [0, 0.1) is 0 Å². The molecule has 0 amide bonds. The molecule has 1 heterocycles. The Labute approximate surface area is 328 Å². The fourth-order valence-corrected chi connectivity index (χ4v) is 8.37. The summed E-state index contributed by atoms with van der Waals surface area (Å²) in [5, 5.41) is 3.27. The molecule has 0 radical (unpaired) electrons. The predicted molar refractivity (Wildman–Crippen MR) is 232 cm³/mol. The molecule has 0 bridgehead atoms. The first-order chi connectivity index (χ1) is 25.7. The maximum absolute atomic E-state index is 6.85. The van der Waals surface area contributed by atoms with E-state index in [-0.39, 0.29) is 11.9 Å². The molecular weight excluding hydrogens is 637 g/mol. The Hall–Kier alpha value is -0.160. The van der Waals surface area contributed by atoms with Gasteiger partial charge in [0.05, 0.1) is 12.7 Å². The number of nitrogens with one attached hydrogen (secondary N) is 1. The number of nitrogens with zero attached hydrogens (tertiary/aromatic N) is 1. The third-order valence-electron chi connectivity index (χ3n) is 12.0. The molecule has 4 heteroatoms. The number of unbranched alkanes of at least 4 members (excludes halogenated alkanes) is 32. The summed E-state index contributed by atoms with van der Waals surface area (Å²) in [6, 6.07) is 0. The molecule has 1 unspecified atom stereocenters. The van der Waals surface area contributed by atoms with Crippen molar-refractivity contribution < 1.29 is 9.47 Å². The molecule has 4 nitrogen and oxygen atoms in total. The maximum Gasteiger partial charge on any atom is 0.168 e. The zero-order chi connectivity index (χ0) is 37.5. The van der Waals surface area contributed by atoms with E-state index in [9.17, 15) is 0 Å². The normalized spacial score (nSPS) is 15.8. The van der Waals surface area contributed by atoms with Gasteiger partial charge in [-0.1, -0.05) is 213 Å². The Kier molecular flexibility index (Phi) is 37.5. The first-order valence-electron chi connectivity index (χ1n) is 24.3. The lowest BCUT2D eigenvalue weighted by molar-refractivity contribution is -0.180. The molecule has 312 valence electrons. The first-order valence-corrected chi connectivity index (χ1v) is 24.3. The highest BCUT2D eigenvalue weighted by Gasteiger charge is 2.40. The maximum atomic E-state index is 6.85. The Morgan fingerprint density at radius 1 is 0.462 bits per heavy atom. The van der Waals surface area contributed by atoms with Crippen molar-refractivity contribution in [2.75, 3.05) is 40.3 Å². The number of rotatable bonds is 43. The Morgan fingerprint density at radius 3 is 1.17 bits per heavy atom. The molecule has 1 aliphatic rings. The van der Waals surface area contributed by atoms with E-state index in [1.807, 2.05) is 0 Å². The smallest absolute Gasteiger partial charge is 0.168 e. The van der Waals surface area contributed by atoms with E-state index in [0.717, 1.165) is 39.0 Å². The molecule has 1 atom stereocenters.